The lowest BCUT2D eigenvalue weighted by Crippen LogP contribution is -2.49. The molecule has 1 aromatic carbocycles. The highest BCUT2D eigenvalue weighted by Gasteiger charge is 2.30. The number of fused-ring (bicyclic) bond motifs is 1. The number of aromatic nitrogens is 1. The third-order valence-electron chi connectivity index (χ3n) is 5.68. The van der Waals surface area contributed by atoms with Gasteiger partial charge in [-0.1, -0.05) is 26.0 Å². The smallest absolute Gasteiger partial charge is 0.234 e. The van der Waals surface area contributed by atoms with Gasteiger partial charge in [0.2, 0.25) is 5.91 Å². The molecule has 0 saturated carbocycles. The van der Waals surface area contributed by atoms with E-state index in [1.54, 1.807) is 11.3 Å². The molecule has 6 nitrogen and oxygen atoms in total. The molecule has 0 radical (unpaired) electrons. The van der Waals surface area contributed by atoms with Crippen LogP contribution >= 0.6 is 11.3 Å². The topological polar surface area (TPSA) is 57.7 Å². The van der Waals surface area contributed by atoms with Crippen LogP contribution in [0.15, 0.2) is 24.3 Å². The van der Waals surface area contributed by atoms with E-state index in [0.717, 1.165) is 56.2 Å². The van der Waals surface area contributed by atoms with Crippen molar-refractivity contribution < 1.29 is 9.53 Å². The van der Waals surface area contributed by atoms with E-state index in [1.165, 1.54) is 4.70 Å². The summed E-state index contributed by atoms with van der Waals surface area (Å²) in [6.07, 6.45) is 2.28. The highest BCUT2D eigenvalue weighted by molar-refractivity contribution is 7.18. The molecule has 2 atom stereocenters. The molecule has 2 aliphatic rings. The number of para-hydroxylation sites is 1. The molecule has 4 rings (SSSR count). The second-order valence-electron chi connectivity index (χ2n) is 8.60. The Morgan fingerprint density at radius 1 is 1.34 bits per heavy atom. The summed E-state index contributed by atoms with van der Waals surface area (Å²) < 4.78 is 7.08. The number of rotatable bonds is 7. The number of ether oxygens (including phenoxy) is 1. The number of carbonyl (C=O) groups excluding carboxylic acids is 1. The Kier molecular flexibility index (Phi) is 6.80. The summed E-state index contributed by atoms with van der Waals surface area (Å²) in [7, 11) is 0. The van der Waals surface area contributed by atoms with Crippen molar-refractivity contribution in [2.75, 3.05) is 45.9 Å². The van der Waals surface area contributed by atoms with Crippen molar-refractivity contribution in [3.63, 3.8) is 0 Å². The summed E-state index contributed by atoms with van der Waals surface area (Å²) in [6, 6.07) is 8.52. The molecule has 7 heteroatoms. The zero-order chi connectivity index (χ0) is 20.2. The van der Waals surface area contributed by atoms with E-state index in [0.29, 0.717) is 19.0 Å². The molecule has 3 heterocycles. The highest BCUT2D eigenvalue weighted by atomic mass is 32.1. The standard InChI is InChI=1S/C22H32N4O2S/c1-16(2)13-25-10-11-28-17(14-25)12-23-21(27)15-26-9-5-7-19(26)22-24-18-6-3-4-8-20(18)29-22/h3-4,6,8,16-17,19H,5,7,9-15H2,1-2H3,(H,23,27). The van der Waals surface area contributed by atoms with E-state index in [4.69, 9.17) is 9.72 Å². The number of hydrogen-bond donors (Lipinski definition) is 1. The van der Waals surface area contributed by atoms with Crippen LogP contribution in [0.3, 0.4) is 0 Å². The Morgan fingerprint density at radius 3 is 3.03 bits per heavy atom. The van der Waals surface area contributed by atoms with Crippen LogP contribution in [0.5, 0.6) is 0 Å². The van der Waals surface area contributed by atoms with Crippen molar-refractivity contribution in [3.05, 3.63) is 29.3 Å². The molecule has 2 unspecified atom stereocenters. The van der Waals surface area contributed by atoms with Gasteiger partial charge < -0.3 is 10.1 Å². The van der Waals surface area contributed by atoms with E-state index >= 15 is 0 Å². The van der Waals surface area contributed by atoms with Crippen LogP contribution in [-0.2, 0) is 9.53 Å². The summed E-state index contributed by atoms with van der Waals surface area (Å²) in [5.74, 6) is 0.737. The normalized spacial score (nSPS) is 23.8. The van der Waals surface area contributed by atoms with Gasteiger partial charge in [0.1, 0.15) is 5.01 Å². The number of amides is 1. The first-order valence-electron chi connectivity index (χ1n) is 10.8. The molecule has 0 spiro atoms. The molecule has 0 aliphatic carbocycles. The van der Waals surface area contributed by atoms with Gasteiger partial charge in [-0.05, 0) is 37.4 Å². The summed E-state index contributed by atoms with van der Waals surface area (Å²) in [6.45, 7) is 10.2. The summed E-state index contributed by atoms with van der Waals surface area (Å²) >= 11 is 1.76. The Balaban J connectivity index is 1.28. The number of hydrogen-bond acceptors (Lipinski definition) is 6. The van der Waals surface area contributed by atoms with E-state index in [9.17, 15) is 4.79 Å². The molecule has 29 heavy (non-hydrogen) atoms. The second-order valence-corrected chi connectivity index (χ2v) is 9.66. The number of thiazole rings is 1. The number of nitrogens with one attached hydrogen (secondary N) is 1. The van der Waals surface area contributed by atoms with Gasteiger partial charge in [-0.25, -0.2) is 4.98 Å². The second kappa shape index (κ2) is 9.51. The van der Waals surface area contributed by atoms with E-state index in [2.05, 4.69) is 47.2 Å². The Hall–Kier alpha value is -1.54. The summed E-state index contributed by atoms with van der Waals surface area (Å²) in [5.41, 5.74) is 1.06. The fourth-order valence-electron chi connectivity index (χ4n) is 4.38. The molecular formula is C22H32N4O2S. The number of carbonyl (C=O) groups is 1. The molecule has 1 amide bonds. The largest absolute Gasteiger partial charge is 0.374 e. The van der Waals surface area contributed by atoms with E-state index in [1.807, 2.05) is 6.07 Å². The SMILES string of the molecule is CC(C)CN1CCOC(CNC(=O)CN2CCCC2c2nc3ccccc3s2)C1. The van der Waals surface area contributed by atoms with Crippen LogP contribution in [0.2, 0.25) is 0 Å². The quantitative estimate of drug-likeness (QED) is 0.752. The Bertz CT molecular complexity index is 791. The van der Waals surface area contributed by atoms with Crippen molar-refractivity contribution in [1.29, 1.82) is 0 Å². The van der Waals surface area contributed by atoms with E-state index in [-0.39, 0.29) is 18.1 Å². The molecule has 1 aromatic heterocycles. The number of benzene rings is 1. The van der Waals surface area contributed by atoms with Gasteiger partial charge in [0, 0.05) is 26.2 Å². The maximum absolute atomic E-state index is 12.6. The maximum Gasteiger partial charge on any atom is 0.234 e. The predicted molar refractivity (Wildman–Crippen MR) is 117 cm³/mol. The molecule has 2 aromatic rings. The third kappa shape index (κ3) is 5.34. The van der Waals surface area contributed by atoms with Gasteiger partial charge in [0.15, 0.2) is 0 Å². The van der Waals surface area contributed by atoms with Crippen LogP contribution in [0, 0.1) is 5.92 Å². The number of likely N-dealkylation sites (tertiary alicyclic amines) is 1. The molecule has 158 valence electrons. The Labute approximate surface area is 177 Å². The lowest BCUT2D eigenvalue weighted by molar-refractivity contribution is -0.123. The first-order chi connectivity index (χ1) is 14.1. The fourth-order valence-corrected chi connectivity index (χ4v) is 5.52. The predicted octanol–water partition coefficient (Wildman–Crippen LogP) is 2.91. The average Bonchev–Trinajstić information content (AvgIpc) is 3.32. The van der Waals surface area contributed by atoms with Crippen molar-refractivity contribution in [2.45, 2.75) is 38.8 Å². The lowest BCUT2D eigenvalue weighted by atomic mass is 10.2. The van der Waals surface area contributed by atoms with Gasteiger partial charge in [-0.3, -0.25) is 14.6 Å². The number of morpholine rings is 1. The van der Waals surface area contributed by atoms with Crippen LogP contribution in [0.4, 0.5) is 0 Å². The van der Waals surface area contributed by atoms with Gasteiger partial charge >= 0.3 is 0 Å². The molecular weight excluding hydrogens is 384 g/mol. The number of nitrogens with zero attached hydrogens (tertiary/aromatic N) is 3. The van der Waals surface area contributed by atoms with Crippen LogP contribution in [0.25, 0.3) is 10.2 Å². The summed E-state index contributed by atoms with van der Waals surface area (Å²) in [5, 5.41) is 4.24. The molecule has 2 fully saturated rings. The first kappa shape index (κ1) is 20.7. The molecule has 1 N–H and O–H groups in total. The highest BCUT2D eigenvalue weighted by Crippen LogP contribution is 2.36. The van der Waals surface area contributed by atoms with E-state index < -0.39 is 0 Å². The monoisotopic (exact) mass is 416 g/mol. The third-order valence-corrected chi connectivity index (χ3v) is 6.82. The lowest BCUT2D eigenvalue weighted by Gasteiger charge is -2.34. The van der Waals surface area contributed by atoms with Crippen LogP contribution in [0.1, 0.15) is 37.7 Å². The minimum Gasteiger partial charge on any atom is -0.374 e. The van der Waals surface area contributed by atoms with Gasteiger partial charge in [0.25, 0.3) is 0 Å². The van der Waals surface area contributed by atoms with Crippen molar-refractivity contribution >= 4 is 27.5 Å². The van der Waals surface area contributed by atoms with Crippen molar-refractivity contribution in [2.24, 2.45) is 5.92 Å². The zero-order valence-electron chi connectivity index (χ0n) is 17.5. The minimum atomic E-state index is 0.0857. The molecule has 0 bridgehead atoms. The van der Waals surface area contributed by atoms with Crippen LogP contribution < -0.4 is 5.32 Å². The van der Waals surface area contributed by atoms with Gasteiger partial charge in [-0.15, -0.1) is 11.3 Å². The molecule has 2 saturated heterocycles. The van der Waals surface area contributed by atoms with Crippen LogP contribution in [-0.4, -0.2) is 72.7 Å². The van der Waals surface area contributed by atoms with Gasteiger partial charge in [-0.2, -0.15) is 0 Å². The zero-order valence-corrected chi connectivity index (χ0v) is 18.3. The van der Waals surface area contributed by atoms with Crippen molar-refractivity contribution in [3.8, 4) is 0 Å². The maximum atomic E-state index is 12.6. The minimum absolute atomic E-state index is 0.0857. The van der Waals surface area contributed by atoms with Crippen molar-refractivity contribution in [1.82, 2.24) is 20.1 Å². The Morgan fingerprint density at radius 2 is 2.21 bits per heavy atom. The van der Waals surface area contributed by atoms with Gasteiger partial charge in [0.05, 0.1) is 35.5 Å². The summed E-state index contributed by atoms with van der Waals surface area (Å²) in [4.78, 5) is 22.2. The fraction of sp³-hybridized carbons (Fsp3) is 0.636. The average molecular weight is 417 g/mol. The first-order valence-corrected chi connectivity index (χ1v) is 11.6. The molecule has 2 aliphatic heterocycles.